The number of hydrogen-bond donors (Lipinski definition) is 0. The number of aliphatic imine (C=N–C) groups is 1. The quantitative estimate of drug-likeness (QED) is 0.547. The van der Waals surface area contributed by atoms with Gasteiger partial charge in [0, 0.05) is 11.1 Å². The topological polar surface area (TPSA) is 18.8 Å². The molecule has 2 heterocycles. The van der Waals surface area contributed by atoms with Gasteiger partial charge in [-0.25, -0.2) is 0 Å². The second-order valence-corrected chi connectivity index (χ2v) is 9.94. The molecular weight excluding hydrogens is 395 g/mol. The molecule has 1 aromatic rings. The van der Waals surface area contributed by atoms with E-state index in [1.54, 1.807) is 11.0 Å². The van der Waals surface area contributed by atoms with Crippen LogP contribution in [-0.4, -0.2) is 40.4 Å². The lowest BCUT2D eigenvalue weighted by molar-refractivity contribution is -0.137. The van der Waals surface area contributed by atoms with Crippen LogP contribution in [0.5, 0.6) is 0 Å². The maximum Gasteiger partial charge on any atom is 0.416 e. The number of amidine groups is 1. The maximum absolute atomic E-state index is 13.3. The Hall–Kier alpha value is -1.47. The Morgan fingerprint density at radius 2 is 1.69 bits per heavy atom. The van der Waals surface area contributed by atoms with E-state index < -0.39 is 17.2 Å². The second-order valence-electron chi connectivity index (χ2n) is 9.55. The fourth-order valence-electron chi connectivity index (χ4n) is 4.28. The van der Waals surface area contributed by atoms with Gasteiger partial charge in [0.1, 0.15) is 5.84 Å². The minimum absolute atomic E-state index is 0.0518. The minimum atomic E-state index is -4.40. The van der Waals surface area contributed by atoms with Crippen molar-refractivity contribution in [1.29, 1.82) is 0 Å². The number of rotatable bonds is 2. The van der Waals surface area contributed by atoms with Crippen molar-refractivity contribution in [3.8, 4) is 0 Å². The average molecular weight is 426 g/mol. The summed E-state index contributed by atoms with van der Waals surface area (Å²) in [6, 6.07) is 5.35. The van der Waals surface area contributed by atoms with Gasteiger partial charge >= 0.3 is 6.18 Å². The van der Waals surface area contributed by atoms with E-state index in [0.717, 1.165) is 37.8 Å². The zero-order chi connectivity index (χ0) is 21.6. The summed E-state index contributed by atoms with van der Waals surface area (Å²) < 4.78 is 40.0. The van der Waals surface area contributed by atoms with Crippen LogP contribution in [-0.2, 0) is 6.18 Å². The molecule has 0 saturated carbocycles. The predicted octanol–water partition coefficient (Wildman–Crippen LogP) is 5.93. The van der Waals surface area contributed by atoms with Gasteiger partial charge in [0.05, 0.1) is 22.1 Å². The largest absolute Gasteiger partial charge is 0.416 e. The van der Waals surface area contributed by atoms with Gasteiger partial charge in [-0.15, -0.1) is 0 Å². The second kappa shape index (κ2) is 7.65. The summed E-state index contributed by atoms with van der Waals surface area (Å²) in [6.45, 7) is 12.1. The van der Waals surface area contributed by atoms with E-state index in [1.807, 2.05) is 20.8 Å². The lowest BCUT2D eigenvalue weighted by Gasteiger charge is -2.38. The molecule has 0 spiro atoms. The summed E-state index contributed by atoms with van der Waals surface area (Å²) in [5.41, 5.74) is -1.03. The highest BCUT2D eigenvalue weighted by molar-refractivity contribution is 7.80. The Kier molecular flexibility index (Phi) is 5.86. The van der Waals surface area contributed by atoms with Gasteiger partial charge in [0.25, 0.3) is 0 Å². The minimum Gasteiger partial charge on any atom is -0.293 e. The molecule has 2 saturated heterocycles. The van der Waals surface area contributed by atoms with Crippen molar-refractivity contribution in [2.45, 2.75) is 71.6 Å². The molecule has 0 aliphatic carbocycles. The first-order chi connectivity index (χ1) is 13.3. The third kappa shape index (κ3) is 4.50. The van der Waals surface area contributed by atoms with Crippen LogP contribution in [0.4, 0.5) is 18.9 Å². The number of benzene rings is 1. The van der Waals surface area contributed by atoms with Crippen LogP contribution in [0, 0.1) is 5.41 Å². The molecule has 2 fully saturated rings. The zero-order valence-electron chi connectivity index (χ0n) is 17.8. The van der Waals surface area contributed by atoms with Crippen LogP contribution >= 0.6 is 12.2 Å². The lowest BCUT2D eigenvalue weighted by atomic mass is 9.85. The molecule has 3 rings (SSSR count). The van der Waals surface area contributed by atoms with Crippen LogP contribution in [0.2, 0.25) is 0 Å². The molecule has 0 aromatic heterocycles. The summed E-state index contributed by atoms with van der Waals surface area (Å²) >= 11 is 5.85. The molecule has 2 aliphatic rings. The molecule has 29 heavy (non-hydrogen) atoms. The van der Waals surface area contributed by atoms with E-state index >= 15 is 0 Å². The Morgan fingerprint density at radius 3 is 2.24 bits per heavy atom. The standard InChI is InChI=1S/C22H30F3N3S/c1-20(2,3)26-18-17(27-12-7-6-8-13-27)21(4,5)19(29)28(18)16-11-9-10-15(14-16)22(23,24)25/h9-11,14,17H,6-8,12-13H2,1-5H3/t17-/m1/s1. The van der Waals surface area contributed by atoms with E-state index in [2.05, 4.69) is 18.7 Å². The Bertz CT molecular complexity index is 802. The van der Waals surface area contributed by atoms with Gasteiger partial charge in [-0.2, -0.15) is 13.2 Å². The summed E-state index contributed by atoms with van der Waals surface area (Å²) in [5, 5.41) is 0. The predicted molar refractivity (Wildman–Crippen MR) is 117 cm³/mol. The molecule has 160 valence electrons. The lowest BCUT2D eigenvalue weighted by Crippen LogP contribution is -2.50. The number of anilines is 1. The number of piperidine rings is 1. The fourth-order valence-corrected chi connectivity index (χ4v) is 4.59. The van der Waals surface area contributed by atoms with Crippen LogP contribution in [0.15, 0.2) is 29.3 Å². The number of hydrogen-bond acceptors (Lipinski definition) is 3. The Labute approximate surface area is 177 Å². The normalized spacial score (nSPS) is 25.1. The van der Waals surface area contributed by atoms with Gasteiger partial charge in [-0.05, 0) is 64.9 Å². The van der Waals surface area contributed by atoms with Gasteiger partial charge in [0.2, 0.25) is 0 Å². The number of alkyl halides is 3. The van der Waals surface area contributed by atoms with Crippen molar-refractivity contribution in [2.24, 2.45) is 10.4 Å². The first-order valence-corrected chi connectivity index (χ1v) is 10.6. The molecule has 0 radical (unpaired) electrons. The Morgan fingerprint density at radius 1 is 1.07 bits per heavy atom. The summed E-state index contributed by atoms with van der Waals surface area (Å²) in [6.07, 6.45) is -0.963. The van der Waals surface area contributed by atoms with E-state index in [4.69, 9.17) is 17.2 Å². The summed E-state index contributed by atoms with van der Waals surface area (Å²) in [5.74, 6) is 0.758. The number of nitrogens with zero attached hydrogens (tertiary/aromatic N) is 3. The van der Waals surface area contributed by atoms with Crippen molar-refractivity contribution in [3.63, 3.8) is 0 Å². The third-order valence-electron chi connectivity index (χ3n) is 5.55. The molecule has 2 aliphatic heterocycles. The molecule has 0 amide bonds. The molecular formula is C22H30F3N3S. The number of likely N-dealkylation sites (tertiary alicyclic amines) is 1. The molecule has 0 bridgehead atoms. The highest BCUT2D eigenvalue weighted by atomic mass is 32.1. The number of halogens is 3. The zero-order valence-corrected chi connectivity index (χ0v) is 18.6. The molecule has 3 nitrogen and oxygen atoms in total. The van der Waals surface area contributed by atoms with Gasteiger partial charge < -0.3 is 0 Å². The SMILES string of the molecule is CC(C)(C)N=C1[C@@H](N2CCCCC2)C(C)(C)C(=S)N1c1cccc(C(F)(F)F)c1. The fraction of sp³-hybridized carbons (Fsp3) is 0.636. The molecule has 1 atom stereocenters. The summed E-state index contributed by atoms with van der Waals surface area (Å²) in [7, 11) is 0. The van der Waals surface area contributed by atoms with Crippen LogP contribution in [0.1, 0.15) is 59.4 Å². The van der Waals surface area contributed by atoms with Gasteiger partial charge in [0.15, 0.2) is 0 Å². The highest BCUT2D eigenvalue weighted by Gasteiger charge is 2.52. The van der Waals surface area contributed by atoms with Gasteiger partial charge in [-0.1, -0.05) is 38.6 Å². The van der Waals surface area contributed by atoms with E-state index in [0.29, 0.717) is 10.7 Å². The first kappa shape index (κ1) is 22.2. The first-order valence-electron chi connectivity index (χ1n) is 10.2. The number of thiocarbonyl (C=S) groups is 1. The summed E-state index contributed by atoms with van der Waals surface area (Å²) in [4.78, 5) is 9.81. The third-order valence-corrected chi connectivity index (χ3v) is 6.26. The maximum atomic E-state index is 13.3. The van der Waals surface area contributed by atoms with E-state index in [1.165, 1.54) is 18.6 Å². The molecule has 1 aromatic carbocycles. The van der Waals surface area contributed by atoms with Crippen molar-refractivity contribution >= 4 is 28.7 Å². The molecule has 7 heteroatoms. The monoisotopic (exact) mass is 425 g/mol. The van der Waals surface area contributed by atoms with Crippen molar-refractivity contribution in [2.75, 3.05) is 18.0 Å². The van der Waals surface area contributed by atoms with Crippen LogP contribution < -0.4 is 4.90 Å². The average Bonchev–Trinajstić information content (AvgIpc) is 2.79. The van der Waals surface area contributed by atoms with Crippen molar-refractivity contribution in [1.82, 2.24) is 4.90 Å². The van der Waals surface area contributed by atoms with Gasteiger partial charge in [-0.3, -0.25) is 14.8 Å². The van der Waals surface area contributed by atoms with E-state index in [9.17, 15) is 13.2 Å². The van der Waals surface area contributed by atoms with E-state index in [-0.39, 0.29) is 11.6 Å². The molecule has 0 unspecified atom stereocenters. The Balaban J connectivity index is 2.15. The van der Waals surface area contributed by atoms with Crippen LogP contribution in [0.3, 0.4) is 0 Å². The highest BCUT2D eigenvalue weighted by Crippen LogP contribution is 2.42. The molecule has 0 N–H and O–H groups in total. The smallest absolute Gasteiger partial charge is 0.293 e. The van der Waals surface area contributed by atoms with Crippen molar-refractivity contribution in [3.05, 3.63) is 29.8 Å². The van der Waals surface area contributed by atoms with Crippen molar-refractivity contribution < 1.29 is 13.2 Å². The van der Waals surface area contributed by atoms with Crippen LogP contribution in [0.25, 0.3) is 0 Å².